The molecule has 6 heteroatoms. The zero-order chi connectivity index (χ0) is 16.1. The lowest BCUT2D eigenvalue weighted by atomic mass is 10.2. The van der Waals surface area contributed by atoms with Crippen LogP contribution in [0.5, 0.6) is 0 Å². The minimum Gasteiger partial charge on any atom is -0.378 e. The van der Waals surface area contributed by atoms with Gasteiger partial charge in [0.25, 0.3) is 5.91 Å². The van der Waals surface area contributed by atoms with Gasteiger partial charge in [0.05, 0.1) is 18.8 Å². The van der Waals surface area contributed by atoms with Crippen molar-refractivity contribution in [3.8, 4) is 0 Å². The van der Waals surface area contributed by atoms with Gasteiger partial charge in [0.1, 0.15) is 0 Å². The highest BCUT2D eigenvalue weighted by atomic mass is 16.5. The Morgan fingerprint density at radius 2 is 1.83 bits per heavy atom. The standard InChI is InChI=1S/C17H20N4O2/c1-20(13-14-5-3-2-4-6-14)16(22)15-11-18-17(19-12-15)21-7-9-23-10-8-21/h2-6,11-12H,7-10,13H2,1H3. The Morgan fingerprint density at radius 3 is 2.48 bits per heavy atom. The summed E-state index contributed by atoms with van der Waals surface area (Å²) < 4.78 is 5.31. The molecule has 0 aliphatic carbocycles. The fourth-order valence-electron chi connectivity index (χ4n) is 2.51. The Morgan fingerprint density at radius 1 is 1.17 bits per heavy atom. The second kappa shape index (κ2) is 7.19. The number of rotatable bonds is 4. The van der Waals surface area contributed by atoms with Crippen LogP contribution in [0.2, 0.25) is 0 Å². The molecule has 1 aliphatic heterocycles. The fraction of sp³-hybridized carbons (Fsp3) is 0.353. The van der Waals surface area contributed by atoms with Crippen LogP contribution < -0.4 is 4.90 Å². The maximum Gasteiger partial charge on any atom is 0.257 e. The summed E-state index contributed by atoms with van der Waals surface area (Å²) in [5.74, 6) is 0.568. The molecular weight excluding hydrogens is 292 g/mol. The van der Waals surface area contributed by atoms with Crippen LogP contribution >= 0.6 is 0 Å². The molecule has 0 bridgehead atoms. The SMILES string of the molecule is CN(Cc1ccccc1)C(=O)c1cnc(N2CCOCC2)nc1. The van der Waals surface area contributed by atoms with Gasteiger partial charge in [-0.2, -0.15) is 0 Å². The van der Waals surface area contributed by atoms with E-state index in [0.717, 1.165) is 18.7 Å². The summed E-state index contributed by atoms with van der Waals surface area (Å²) in [6.45, 7) is 3.49. The summed E-state index contributed by atoms with van der Waals surface area (Å²) in [5.41, 5.74) is 1.59. The molecule has 0 atom stereocenters. The number of morpholine rings is 1. The predicted molar refractivity (Wildman–Crippen MR) is 87.3 cm³/mol. The number of ether oxygens (including phenoxy) is 1. The molecule has 1 amide bonds. The van der Waals surface area contributed by atoms with Gasteiger partial charge in [-0.05, 0) is 5.56 Å². The molecule has 2 heterocycles. The van der Waals surface area contributed by atoms with Gasteiger partial charge in [0.2, 0.25) is 5.95 Å². The van der Waals surface area contributed by atoms with Crippen molar-refractivity contribution in [1.82, 2.24) is 14.9 Å². The van der Waals surface area contributed by atoms with E-state index >= 15 is 0 Å². The number of benzene rings is 1. The Hall–Kier alpha value is -2.47. The lowest BCUT2D eigenvalue weighted by molar-refractivity contribution is 0.0784. The van der Waals surface area contributed by atoms with Crippen molar-refractivity contribution in [3.63, 3.8) is 0 Å². The van der Waals surface area contributed by atoms with Crippen LogP contribution in [0.4, 0.5) is 5.95 Å². The molecule has 1 aliphatic rings. The van der Waals surface area contributed by atoms with Gasteiger partial charge in [-0.1, -0.05) is 30.3 Å². The molecule has 6 nitrogen and oxygen atoms in total. The number of hydrogen-bond donors (Lipinski definition) is 0. The lowest BCUT2D eigenvalue weighted by Gasteiger charge is -2.26. The molecule has 0 N–H and O–H groups in total. The van der Waals surface area contributed by atoms with Crippen LogP contribution in [0, 0.1) is 0 Å². The van der Waals surface area contributed by atoms with Crippen LogP contribution in [0.1, 0.15) is 15.9 Å². The zero-order valence-electron chi connectivity index (χ0n) is 13.2. The third kappa shape index (κ3) is 3.84. The van der Waals surface area contributed by atoms with Gasteiger partial charge in [0, 0.05) is 39.1 Å². The summed E-state index contributed by atoms with van der Waals surface area (Å²) in [6, 6.07) is 9.90. The lowest BCUT2D eigenvalue weighted by Crippen LogP contribution is -2.37. The Kier molecular flexibility index (Phi) is 4.83. The van der Waals surface area contributed by atoms with Gasteiger partial charge in [-0.25, -0.2) is 9.97 Å². The van der Waals surface area contributed by atoms with E-state index in [0.29, 0.717) is 31.3 Å². The molecule has 0 unspecified atom stereocenters. The van der Waals surface area contributed by atoms with Gasteiger partial charge in [-0.15, -0.1) is 0 Å². The molecule has 120 valence electrons. The van der Waals surface area contributed by atoms with Crippen LogP contribution in [0.15, 0.2) is 42.7 Å². The molecule has 2 aromatic rings. The number of hydrogen-bond acceptors (Lipinski definition) is 5. The van der Waals surface area contributed by atoms with E-state index in [2.05, 4.69) is 14.9 Å². The van der Waals surface area contributed by atoms with Gasteiger partial charge in [-0.3, -0.25) is 4.79 Å². The second-order valence-corrected chi connectivity index (χ2v) is 5.52. The second-order valence-electron chi connectivity index (χ2n) is 5.52. The normalized spacial score (nSPS) is 14.6. The quantitative estimate of drug-likeness (QED) is 0.858. The molecule has 1 saturated heterocycles. The van der Waals surface area contributed by atoms with Crippen LogP contribution in [0.25, 0.3) is 0 Å². The summed E-state index contributed by atoms with van der Waals surface area (Å²) in [5, 5.41) is 0. The average molecular weight is 312 g/mol. The number of carbonyl (C=O) groups is 1. The van der Waals surface area contributed by atoms with Crippen molar-refractivity contribution in [1.29, 1.82) is 0 Å². The first-order valence-electron chi connectivity index (χ1n) is 7.68. The highest BCUT2D eigenvalue weighted by molar-refractivity contribution is 5.93. The third-order valence-corrected chi connectivity index (χ3v) is 3.79. The molecule has 1 fully saturated rings. The minimum atomic E-state index is -0.0811. The summed E-state index contributed by atoms with van der Waals surface area (Å²) in [7, 11) is 1.78. The molecule has 0 saturated carbocycles. The van der Waals surface area contributed by atoms with E-state index in [4.69, 9.17) is 4.74 Å². The molecule has 0 spiro atoms. The topological polar surface area (TPSA) is 58.6 Å². The largest absolute Gasteiger partial charge is 0.378 e. The monoisotopic (exact) mass is 312 g/mol. The zero-order valence-corrected chi connectivity index (χ0v) is 13.2. The van der Waals surface area contributed by atoms with E-state index in [1.807, 2.05) is 30.3 Å². The number of amides is 1. The molecule has 1 aromatic heterocycles. The number of carbonyl (C=O) groups excluding carboxylic acids is 1. The molecule has 1 aromatic carbocycles. The van der Waals surface area contributed by atoms with E-state index in [9.17, 15) is 4.79 Å². The highest BCUT2D eigenvalue weighted by Gasteiger charge is 2.16. The van der Waals surface area contributed by atoms with Gasteiger partial charge >= 0.3 is 0 Å². The average Bonchev–Trinajstić information content (AvgIpc) is 2.63. The van der Waals surface area contributed by atoms with E-state index in [1.54, 1.807) is 24.3 Å². The first kappa shape index (κ1) is 15.4. The molecule has 3 rings (SSSR count). The van der Waals surface area contributed by atoms with Crippen molar-refractivity contribution in [2.75, 3.05) is 38.3 Å². The maximum absolute atomic E-state index is 12.4. The number of nitrogens with zero attached hydrogens (tertiary/aromatic N) is 4. The van der Waals surface area contributed by atoms with Crippen LogP contribution in [-0.4, -0.2) is 54.1 Å². The van der Waals surface area contributed by atoms with Gasteiger partial charge in [0.15, 0.2) is 0 Å². The highest BCUT2D eigenvalue weighted by Crippen LogP contribution is 2.11. The number of aromatic nitrogens is 2. The van der Waals surface area contributed by atoms with Crippen LogP contribution in [0.3, 0.4) is 0 Å². The molecule has 23 heavy (non-hydrogen) atoms. The Labute approximate surface area is 135 Å². The van der Waals surface area contributed by atoms with Crippen molar-refractivity contribution < 1.29 is 9.53 Å². The van der Waals surface area contributed by atoms with Crippen molar-refractivity contribution in [2.24, 2.45) is 0 Å². The van der Waals surface area contributed by atoms with Crippen molar-refractivity contribution in [3.05, 3.63) is 53.9 Å². The first-order chi connectivity index (χ1) is 11.2. The first-order valence-corrected chi connectivity index (χ1v) is 7.68. The van der Waals surface area contributed by atoms with Crippen molar-refractivity contribution >= 4 is 11.9 Å². The Bertz CT molecular complexity index is 639. The third-order valence-electron chi connectivity index (χ3n) is 3.79. The smallest absolute Gasteiger partial charge is 0.257 e. The number of anilines is 1. The molecule has 0 radical (unpaired) electrons. The predicted octanol–water partition coefficient (Wildman–Crippen LogP) is 1.59. The summed E-state index contributed by atoms with van der Waals surface area (Å²) >= 11 is 0. The summed E-state index contributed by atoms with van der Waals surface area (Å²) in [6.07, 6.45) is 3.20. The maximum atomic E-state index is 12.4. The Balaban J connectivity index is 1.65. The van der Waals surface area contributed by atoms with Crippen molar-refractivity contribution in [2.45, 2.75) is 6.54 Å². The van der Waals surface area contributed by atoms with Gasteiger partial charge < -0.3 is 14.5 Å². The van der Waals surface area contributed by atoms with E-state index in [-0.39, 0.29) is 5.91 Å². The summed E-state index contributed by atoms with van der Waals surface area (Å²) in [4.78, 5) is 24.8. The van der Waals surface area contributed by atoms with Crippen LogP contribution in [-0.2, 0) is 11.3 Å². The minimum absolute atomic E-state index is 0.0811. The fourth-order valence-corrected chi connectivity index (χ4v) is 2.51. The van der Waals surface area contributed by atoms with E-state index < -0.39 is 0 Å². The molecular formula is C17H20N4O2. The van der Waals surface area contributed by atoms with E-state index in [1.165, 1.54) is 0 Å².